The Morgan fingerprint density at radius 1 is 1.25 bits per heavy atom. The van der Waals surface area contributed by atoms with Crippen LogP contribution in [0.15, 0.2) is 12.2 Å². The number of carbonyl (C=O) groups is 3. The highest BCUT2D eigenvalue weighted by Gasteiger charge is 2.56. The number of hydrogen-bond acceptors (Lipinski definition) is 4. The number of hydrogen-bond donors (Lipinski definition) is 3. The minimum absolute atomic E-state index is 0.0225. The minimum Gasteiger partial charge on any atom is -0.396 e. The van der Waals surface area contributed by atoms with Gasteiger partial charge in [-0.2, -0.15) is 0 Å². The fourth-order valence-corrected chi connectivity index (χ4v) is 4.73. The van der Waals surface area contributed by atoms with E-state index in [1.165, 1.54) is 0 Å². The molecule has 0 spiro atoms. The number of rotatable bonds is 9. The number of carbonyl (C=O) groups excluding carboxylic acids is 3. The zero-order valence-electron chi connectivity index (χ0n) is 17.5. The van der Waals surface area contributed by atoms with Crippen LogP contribution >= 0.6 is 0 Å². The van der Waals surface area contributed by atoms with E-state index in [0.29, 0.717) is 13.0 Å². The van der Waals surface area contributed by atoms with Gasteiger partial charge >= 0.3 is 0 Å². The summed E-state index contributed by atoms with van der Waals surface area (Å²) in [6.45, 7) is 6.30. The van der Waals surface area contributed by atoms with E-state index in [0.717, 1.165) is 19.3 Å². The molecule has 3 amide bonds. The largest absolute Gasteiger partial charge is 0.396 e. The van der Waals surface area contributed by atoms with Crippen molar-refractivity contribution in [1.29, 1.82) is 0 Å². The molecule has 1 saturated heterocycles. The summed E-state index contributed by atoms with van der Waals surface area (Å²) < 4.78 is 0. The van der Waals surface area contributed by atoms with Crippen molar-refractivity contribution in [3.63, 3.8) is 0 Å². The molecule has 0 aromatic carbocycles. The zero-order valence-corrected chi connectivity index (χ0v) is 17.5. The first-order valence-corrected chi connectivity index (χ1v) is 10.5. The van der Waals surface area contributed by atoms with Crippen LogP contribution in [0.5, 0.6) is 0 Å². The van der Waals surface area contributed by atoms with E-state index in [4.69, 9.17) is 0 Å². The third-order valence-electron chi connectivity index (χ3n) is 6.07. The van der Waals surface area contributed by atoms with Crippen LogP contribution < -0.4 is 10.6 Å². The van der Waals surface area contributed by atoms with E-state index in [2.05, 4.69) is 17.6 Å². The Hall–Kier alpha value is -1.89. The first-order chi connectivity index (χ1) is 13.4. The van der Waals surface area contributed by atoms with Crippen molar-refractivity contribution < 1.29 is 19.5 Å². The molecule has 2 aliphatic rings. The predicted molar refractivity (Wildman–Crippen MR) is 107 cm³/mol. The Morgan fingerprint density at radius 2 is 1.96 bits per heavy atom. The van der Waals surface area contributed by atoms with Crippen molar-refractivity contribution in [2.24, 2.45) is 23.7 Å². The summed E-state index contributed by atoms with van der Waals surface area (Å²) in [5.41, 5.74) is 0. The maximum atomic E-state index is 13.3. The minimum atomic E-state index is -0.635. The number of nitrogens with zero attached hydrogens (tertiary/aromatic N) is 1. The van der Waals surface area contributed by atoms with Crippen LogP contribution in [0.25, 0.3) is 0 Å². The van der Waals surface area contributed by atoms with E-state index >= 15 is 0 Å². The molecule has 1 heterocycles. The maximum Gasteiger partial charge on any atom is 0.243 e. The van der Waals surface area contributed by atoms with Crippen molar-refractivity contribution in [3.05, 3.63) is 12.2 Å². The SMILES string of the molecule is CCCC(C)NC(=O)[C@@H]1[C@H]2C=C[C@@H](CC)[C@@H](C(=O)NC)[C@@H]2C(=O)N1CCCO. The lowest BCUT2D eigenvalue weighted by molar-refractivity contribution is -0.141. The lowest BCUT2D eigenvalue weighted by Gasteiger charge is -2.34. The number of amides is 3. The number of nitrogens with one attached hydrogen (secondary N) is 2. The van der Waals surface area contributed by atoms with E-state index < -0.39 is 17.9 Å². The second-order valence-electron chi connectivity index (χ2n) is 7.95. The first kappa shape index (κ1) is 22.4. The van der Waals surface area contributed by atoms with Gasteiger partial charge in [0, 0.05) is 32.2 Å². The van der Waals surface area contributed by atoms with Crippen molar-refractivity contribution >= 4 is 17.7 Å². The molecule has 0 aromatic heterocycles. The van der Waals surface area contributed by atoms with Crippen LogP contribution in [-0.4, -0.2) is 60.0 Å². The van der Waals surface area contributed by atoms with E-state index in [1.54, 1.807) is 11.9 Å². The summed E-state index contributed by atoms with van der Waals surface area (Å²) in [6.07, 6.45) is 6.95. The summed E-state index contributed by atoms with van der Waals surface area (Å²) in [4.78, 5) is 40.6. The van der Waals surface area contributed by atoms with Gasteiger partial charge in [-0.3, -0.25) is 14.4 Å². The van der Waals surface area contributed by atoms with Crippen molar-refractivity contribution in [3.8, 4) is 0 Å². The number of fused-ring (bicyclic) bond motifs is 1. The molecule has 1 aliphatic carbocycles. The molecule has 1 unspecified atom stereocenters. The molecule has 0 radical (unpaired) electrons. The van der Waals surface area contributed by atoms with Gasteiger partial charge in [-0.15, -0.1) is 0 Å². The van der Waals surface area contributed by atoms with Gasteiger partial charge in [0.05, 0.1) is 11.8 Å². The smallest absolute Gasteiger partial charge is 0.243 e. The lowest BCUT2D eigenvalue weighted by atomic mass is 9.69. The summed E-state index contributed by atoms with van der Waals surface area (Å²) in [5.74, 6) is -1.84. The normalized spacial score (nSPS) is 30.1. The van der Waals surface area contributed by atoms with Gasteiger partial charge < -0.3 is 20.6 Å². The Balaban J connectivity index is 2.37. The third kappa shape index (κ3) is 4.40. The molecule has 0 saturated carbocycles. The Bertz CT molecular complexity index is 606. The molecule has 7 nitrogen and oxygen atoms in total. The second-order valence-corrected chi connectivity index (χ2v) is 7.95. The Kier molecular flexibility index (Phi) is 8.04. The molecule has 0 aromatic rings. The van der Waals surface area contributed by atoms with Crippen LogP contribution in [0.1, 0.15) is 46.5 Å². The quantitative estimate of drug-likeness (QED) is 0.511. The molecule has 2 rings (SSSR count). The number of aliphatic hydroxyl groups is 1. The Morgan fingerprint density at radius 3 is 2.54 bits per heavy atom. The number of likely N-dealkylation sites (tertiary alicyclic amines) is 1. The molecular formula is C21H35N3O4. The third-order valence-corrected chi connectivity index (χ3v) is 6.07. The fourth-order valence-electron chi connectivity index (χ4n) is 4.73. The van der Waals surface area contributed by atoms with Crippen LogP contribution in [0.3, 0.4) is 0 Å². The fraction of sp³-hybridized carbons (Fsp3) is 0.762. The van der Waals surface area contributed by atoms with Crippen LogP contribution in [0.4, 0.5) is 0 Å². The van der Waals surface area contributed by atoms with Gasteiger partial charge in [0.25, 0.3) is 0 Å². The van der Waals surface area contributed by atoms with Crippen molar-refractivity contribution in [1.82, 2.24) is 15.5 Å². The van der Waals surface area contributed by atoms with E-state index in [-0.39, 0.29) is 42.2 Å². The van der Waals surface area contributed by atoms with Gasteiger partial charge in [0.15, 0.2) is 0 Å². The molecule has 158 valence electrons. The standard InChI is InChI=1S/C21H35N3O4/c1-5-8-13(3)23-20(27)18-15-10-9-14(6-2)16(19(26)22-4)17(15)21(28)24(18)11-7-12-25/h9-10,13-18,25H,5-8,11-12H2,1-4H3,(H,22,26)(H,23,27)/t13?,14-,15+,16-,17-,18+/m1/s1. The van der Waals surface area contributed by atoms with Gasteiger partial charge in [0.1, 0.15) is 6.04 Å². The first-order valence-electron chi connectivity index (χ1n) is 10.5. The summed E-state index contributed by atoms with van der Waals surface area (Å²) >= 11 is 0. The molecule has 3 N–H and O–H groups in total. The molecule has 6 atom stereocenters. The lowest BCUT2D eigenvalue weighted by Crippen LogP contribution is -2.50. The van der Waals surface area contributed by atoms with Crippen LogP contribution in [0.2, 0.25) is 0 Å². The average Bonchev–Trinajstić information content (AvgIpc) is 2.96. The van der Waals surface area contributed by atoms with Crippen LogP contribution in [-0.2, 0) is 14.4 Å². The summed E-state index contributed by atoms with van der Waals surface area (Å²) in [6, 6.07) is -0.610. The second kappa shape index (κ2) is 10.0. The topological polar surface area (TPSA) is 98.7 Å². The molecule has 0 bridgehead atoms. The molecule has 1 aliphatic heterocycles. The highest BCUT2D eigenvalue weighted by molar-refractivity contribution is 5.96. The monoisotopic (exact) mass is 393 g/mol. The van der Waals surface area contributed by atoms with Gasteiger partial charge in [-0.25, -0.2) is 0 Å². The molecular weight excluding hydrogens is 358 g/mol. The highest BCUT2D eigenvalue weighted by atomic mass is 16.3. The Labute approximate surface area is 167 Å². The zero-order chi connectivity index (χ0) is 20.8. The van der Waals surface area contributed by atoms with Gasteiger partial charge in [-0.1, -0.05) is 32.4 Å². The molecule has 1 fully saturated rings. The molecule has 7 heteroatoms. The van der Waals surface area contributed by atoms with E-state index in [1.807, 2.05) is 26.0 Å². The van der Waals surface area contributed by atoms with Gasteiger partial charge in [-0.05, 0) is 32.1 Å². The predicted octanol–water partition coefficient (Wildman–Crippen LogP) is 1.08. The van der Waals surface area contributed by atoms with E-state index in [9.17, 15) is 19.5 Å². The van der Waals surface area contributed by atoms with Crippen molar-refractivity contribution in [2.45, 2.75) is 58.5 Å². The van der Waals surface area contributed by atoms with Crippen LogP contribution in [0, 0.1) is 23.7 Å². The molecule has 28 heavy (non-hydrogen) atoms. The van der Waals surface area contributed by atoms with Gasteiger partial charge in [0.2, 0.25) is 17.7 Å². The average molecular weight is 394 g/mol. The number of aliphatic hydroxyl groups excluding tert-OH is 1. The maximum absolute atomic E-state index is 13.3. The van der Waals surface area contributed by atoms with Crippen molar-refractivity contribution in [2.75, 3.05) is 20.2 Å². The highest BCUT2D eigenvalue weighted by Crippen LogP contribution is 2.44. The number of allylic oxidation sites excluding steroid dienone is 1. The summed E-state index contributed by atoms with van der Waals surface area (Å²) in [5, 5.41) is 15.0. The summed E-state index contributed by atoms with van der Waals surface area (Å²) in [7, 11) is 1.59.